The summed E-state index contributed by atoms with van der Waals surface area (Å²) < 4.78 is 18.1. The van der Waals surface area contributed by atoms with Gasteiger partial charge in [-0.3, -0.25) is 4.90 Å². The summed E-state index contributed by atoms with van der Waals surface area (Å²) in [5, 5.41) is 12.3. The average molecular weight is 612 g/mol. The molecule has 2 saturated carbocycles. The molecule has 4 fully saturated rings. The van der Waals surface area contributed by atoms with Crippen molar-refractivity contribution >= 4 is 6.16 Å². The summed E-state index contributed by atoms with van der Waals surface area (Å²) >= 11 is 0. The van der Waals surface area contributed by atoms with Crippen LogP contribution in [0.3, 0.4) is 0 Å². The lowest BCUT2D eigenvalue weighted by molar-refractivity contribution is -0.103. The summed E-state index contributed by atoms with van der Waals surface area (Å²) in [6.07, 6.45) is 27.6. The van der Waals surface area contributed by atoms with Gasteiger partial charge in [0.05, 0.1) is 12.2 Å². The fourth-order valence-corrected chi connectivity index (χ4v) is 8.19. The average Bonchev–Trinajstić information content (AvgIpc) is 3.83. The van der Waals surface area contributed by atoms with E-state index in [-0.39, 0.29) is 24.0 Å². The van der Waals surface area contributed by atoms with E-state index in [2.05, 4.69) is 24.5 Å². The lowest BCUT2D eigenvalue weighted by Crippen LogP contribution is -2.59. The van der Waals surface area contributed by atoms with Crippen LogP contribution in [-0.2, 0) is 14.2 Å². The monoisotopic (exact) mass is 611 g/mol. The number of hydrogen-bond acceptors (Lipinski definition) is 6. The second kappa shape index (κ2) is 16.7. The van der Waals surface area contributed by atoms with E-state index in [0.29, 0.717) is 18.8 Å². The Hall–Kier alpha value is -1.79. The summed E-state index contributed by atoms with van der Waals surface area (Å²) in [6.45, 7) is 9.15. The quantitative estimate of drug-likeness (QED) is 0.100. The van der Waals surface area contributed by atoms with E-state index in [1.54, 1.807) is 0 Å². The summed E-state index contributed by atoms with van der Waals surface area (Å²) in [5.41, 5.74) is 0.244. The van der Waals surface area contributed by atoms with Crippen molar-refractivity contribution in [1.29, 1.82) is 0 Å². The van der Waals surface area contributed by atoms with Gasteiger partial charge >= 0.3 is 6.16 Å². The van der Waals surface area contributed by atoms with Gasteiger partial charge in [0, 0.05) is 18.5 Å². The van der Waals surface area contributed by atoms with Gasteiger partial charge in [0.15, 0.2) is 5.76 Å². The molecule has 2 aliphatic heterocycles. The molecule has 0 aromatic heterocycles. The molecule has 1 N–H and O–H groups in total. The lowest BCUT2D eigenvalue weighted by Gasteiger charge is -2.51. The third-order valence-corrected chi connectivity index (χ3v) is 11.1. The van der Waals surface area contributed by atoms with Gasteiger partial charge in [0.2, 0.25) is 0 Å². The number of rotatable bonds is 17. The van der Waals surface area contributed by atoms with Crippen LogP contribution in [0.5, 0.6) is 0 Å². The van der Waals surface area contributed by atoms with Crippen LogP contribution in [0.1, 0.15) is 142 Å². The Morgan fingerprint density at radius 2 is 1.70 bits per heavy atom. The third-order valence-electron chi connectivity index (χ3n) is 11.1. The Balaban J connectivity index is 1.09. The van der Waals surface area contributed by atoms with Crippen LogP contribution in [0.4, 0.5) is 4.79 Å². The molecule has 0 aromatic carbocycles. The molecule has 3 aliphatic carbocycles. The third kappa shape index (κ3) is 9.37. The molecule has 0 aromatic rings. The van der Waals surface area contributed by atoms with Crippen molar-refractivity contribution in [1.82, 2.24) is 4.90 Å². The van der Waals surface area contributed by atoms with Gasteiger partial charge < -0.3 is 19.3 Å². The van der Waals surface area contributed by atoms with E-state index in [1.807, 2.05) is 6.08 Å². The number of carbonyl (C=O) groups is 1. The van der Waals surface area contributed by atoms with E-state index >= 15 is 0 Å². The SMILES string of the molecule is C=C1CC[C@]2(O)CC3C4=C(OC(=O)OCCCCCCCCCCCCCCC)C=CC3CC2N(CC2CC2)CCC[C@H]1O4. The number of allylic oxidation sites excluding steroid dienone is 3. The van der Waals surface area contributed by atoms with Crippen LogP contribution >= 0.6 is 0 Å². The topological polar surface area (TPSA) is 68.2 Å². The predicted octanol–water partition coefficient (Wildman–Crippen LogP) is 9.38. The van der Waals surface area contributed by atoms with E-state index in [9.17, 15) is 9.90 Å². The van der Waals surface area contributed by atoms with E-state index in [1.165, 1.54) is 83.5 Å². The molecule has 248 valence electrons. The molecule has 5 atom stereocenters. The second-order valence-corrected chi connectivity index (χ2v) is 14.7. The highest BCUT2D eigenvalue weighted by atomic mass is 16.7. The molecular formula is C38H61NO5. The van der Waals surface area contributed by atoms with Crippen molar-refractivity contribution in [2.45, 2.75) is 160 Å². The molecular weight excluding hydrogens is 550 g/mol. The molecule has 6 heteroatoms. The Morgan fingerprint density at radius 3 is 2.39 bits per heavy atom. The first kappa shape index (κ1) is 33.6. The molecule has 2 saturated heterocycles. The zero-order valence-corrected chi connectivity index (χ0v) is 27.7. The minimum Gasteiger partial charge on any atom is -0.486 e. The van der Waals surface area contributed by atoms with Crippen molar-refractivity contribution < 1.29 is 24.1 Å². The van der Waals surface area contributed by atoms with E-state index < -0.39 is 11.8 Å². The number of unbranched alkanes of at least 4 members (excludes halogenated alkanes) is 12. The van der Waals surface area contributed by atoms with Crippen LogP contribution < -0.4 is 0 Å². The number of carbonyl (C=O) groups excluding carboxylic acids is 1. The van der Waals surface area contributed by atoms with Crippen LogP contribution in [0, 0.1) is 17.8 Å². The van der Waals surface area contributed by atoms with Gasteiger partial charge in [-0.25, -0.2) is 4.79 Å². The van der Waals surface area contributed by atoms with Crippen molar-refractivity contribution in [3.8, 4) is 0 Å². The van der Waals surface area contributed by atoms with E-state index in [0.717, 1.165) is 75.3 Å². The lowest BCUT2D eigenvalue weighted by atomic mass is 9.64. The largest absolute Gasteiger partial charge is 0.513 e. The number of nitrogens with zero attached hydrogens (tertiary/aromatic N) is 1. The number of fused-ring (bicyclic) bond motifs is 3. The minimum atomic E-state index is -0.801. The van der Waals surface area contributed by atoms with Gasteiger partial charge in [-0.2, -0.15) is 0 Å². The van der Waals surface area contributed by atoms with Crippen molar-refractivity contribution in [3.63, 3.8) is 0 Å². The molecule has 3 unspecified atom stereocenters. The molecule has 3 bridgehead atoms. The standard InChI is InChI=1S/C38H61NO5/c1-3-4-5-6-7-8-9-10-11-12-13-14-15-25-42-37(40)44-34-21-20-31-26-35-38(41)23-22-29(2)33(43-36(34)32(31)27-38)17-16-24-39(35)28-30-18-19-30/h20-21,30-33,35,41H,2-19,22-28H2,1H3/t31?,32?,33-,35?,38+/m1/s1. The van der Waals surface area contributed by atoms with Gasteiger partial charge in [0.25, 0.3) is 0 Å². The summed E-state index contributed by atoms with van der Waals surface area (Å²) in [4.78, 5) is 15.4. The number of aliphatic hydroxyl groups is 1. The molecule has 5 rings (SSSR count). The zero-order chi connectivity index (χ0) is 30.8. The van der Waals surface area contributed by atoms with Gasteiger partial charge in [-0.15, -0.1) is 0 Å². The summed E-state index contributed by atoms with van der Waals surface area (Å²) in [7, 11) is 0. The van der Waals surface area contributed by atoms with E-state index in [4.69, 9.17) is 14.2 Å². The predicted molar refractivity (Wildman–Crippen MR) is 176 cm³/mol. The summed E-state index contributed by atoms with van der Waals surface area (Å²) in [6, 6.07) is 0.144. The van der Waals surface area contributed by atoms with Crippen LogP contribution in [-0.4, -0.2) is 53.6 Å². The van der Waals surface area contributed by atoms with Crippen LogP contribution in [0.2, 0.25) is 0 Å². The highest BCUT2D eigenvalue weighted by molar-refractivity contribution is 5.62. The van der Waals surface area contributed by atoms with Crippen molar-refractivity contribution in [2.24, 2.45) is 17.8 Å². The maximum Gasteiger partial charge on any atom is 0.513 e. The maximum absolute atomic E-state index is 12.8. The molecule has 0 spiro atoms. The normalized spacial score (nSPS) is 30.2. The molecule has 2 heterocycles. The van der Waals surface area contributed by atoms with Crippen molar-refractivity contribution in [2.75, 3.05) is 19.7 Å². The molecule has 5 aliphatic rings. The second-order valence-electron chi connectivity index (χ2n) is 14.7. The number of ether oxygens (including phenoxy) is 3. The first-order chi connectivity index (χ1) is 21.5. The molecule has 0 radical (unpaired) electrons. The van der Waals surface area contributed by atoms with Gasteiger partial charge in [0.1, 0.15) is 11.9 Å². The van der Waals surface area contributed by atoms with Gasteiger partial charge in [-0.05, 0) is 87.8 Å². The first-order valence-corrected chi connectivity index (χ1v) is 18.5. The Kier molecular flexibility index (Phi) is 12.7. The fraction of sp³-hybridized carbons (Fsp3) is 0.816. The fourth-order valence-electron chi connectivity index (χ4n) is 8.19. The summed E-state index contributed by atoms with van der Waals surface area (Å²) in [5.74, 6) is 2.22. The van der Waals surface area contributed by atoms with Crippen LogP contribution in [0.15, 0.2) is 35.8 Å². The first-order valence-electron chi connectivity index (χ1n) is 18.5. The maximum atomic E-state index is 12.8. The molecule has 0 amide bonds. The minimum absolute atomic E-state index is 0.000571. The highest BCUT2D eigenvalue weighted by Gasteiger charge is 2.53. The molecule has 6 nitrogen and oxygen atoms in total. The Bertz CT molecular complexity index is 1000. The highest BCUT2D eigenvalue weighted by Crippen LogP contribution is 2.51. The van der Waals surface area contributed by atoms with Crippen LogP contribution in [0.25, 0.3) is 0 Å². The Labute approximate surface area is 267 Å². The van der Waals surface area contributed by atoms with Crippen molar-refractivity contribution in [3.05, 3.63) is 35.8 Å². The smallest absolute Gasteiger partial charge is 0.486 e. The molecule has 44 heavy (non-hydrogen) atoms. The zero-order valence-electron chi connectivity index (χ0n) is 27.7. The Morgan fingerprint density at radius 1 is 1.02 bits per heavy atom. The number of hydrogen-bond donors (Lipinski definition) is 1. The van der Waals surface area contributed by atoms with Gasteiger partial charge in [-0.1, -0.05) is 96.6 Å².